The van der Waals surface area contributed by atoms with Gasteiger partial charge in [0.1, 0.15) is 5.82 Å². The van der Waals surface area contributed by atoms with E-state index in [1.165, 1.54) is 18.9 Å². The number of nitrogens with zero attached hydrogens (tertiary/aromatic N) is 1. The molecule has 1 N–H and O–H groups in total. The zero-order valence-electron chi connectivity index (χ0n) is 10.1. The topological polar surface area (TPSA) is 23.5 Å². The largest absolute Gasteiger partial charge is 0.396 e. The Balaban J connectivity index is 1.82. The normalized spacial score (nSPS) is 15.5. The second-order valence-corrected chi connectivity index (χ2v) is 4.72. The van der Waals surface area contributed by atoms with Gasteiger partial charge in [-0.2, -0.15) is 0 Å². The summed E-state index contributed by atoms with van der Waals surface area (Å²) in [4.78, 5) is 2.42. The number of halogens is 1. The molecule has 94 valence electrons. The van der Waals surface area contributed by atoms with Gasteiger partial charge in [-0.25, -0.2) is 4.39 Å². The van der Waals surface area contributed by atoms with Crippen LogP contribution in [0.4, 0.5) is 4.39 Å². The Morgan fingerprint density at radius 2 is 2.12 bits per heavy atom. The molecule has 0 bridgehead atoms. The Labute approximate surface area is 102 Å². The molecule has 1 aliphatic rings. The van der Waals surface area contributed by atoms with Crippen LogP contribution in [-0.4, -0.2) is 35.7 Å². The van der Waals surface area contributed by atoms with Gasteiger partial charge in [0, 0.05) is 25.7 Å². The third-order valence-electron chi connectivity index (χ3n) is 3.24. The lowest BCUT2D eigenvalue weighted by Gasteiger charge is -2.21. The van der Waals surface area contributed by atoms with Gasteiger partial charge < -0.3 is 5.11 Å². The van der Waals surface area contributed by atoms with Crippen LogP contribution in [0.3, 0.4) is 0 Å². The van der Waals surface area contributed by atoms with Crippen LogP contribution in [0.1, 0.15) is 24.8 Å². The van der Waals surface area contributed by atoms with Crippen molar-refractivity contribution in [2.75, 3.05) is 19.7 Å². The van der Waals surface area contributed by atoms with E-state index in [0.29, 0.717) is 6.04 Å². The van der Waals surface area contributed by atoms with Crippen molar-refractivity contribution < 1.29 is 9.50 Å². The first-order valence-electron chi connectivity index (χ1n) is 6.39. The van der Waals surface area contributed by atoms with Gasteiger partial charge in [-0.15, -0.1) is 0 Å². The minimum Gasteiger partial charge on any atom is -0.396 e. The highest BCUT2D eigenvalue weighted by atomic mass is 19.1. The average molecular weight is 237 g/mol. The fourth-order valence-electron chi connectivity index (χ4n) is 2.16. The molecule has 1 aromatic rings. The van der Waals surface area contributed by atoms with Crippen molar-refractivity contribution in [2.24, 2.45) is 0 Å². The molecule has 3 heteroatoms. The van der Waals surface area contributed by atoms with Gasteiger partial charge in [0.05, 0.1) is 0 Å². The standard InChI is InChI=1S/C14H20FNO/c15-13-4-1-3-12(11-13)7-9-16(8-2-10-17)14-5-6-14/h1,3-4,11,14,17H,2,5-10H2. The summed E-state index contributed by atoms with van der Waals surface area (Å²) in [7, 11) is 0. The fraction of sp³-hybridized carbons (Fsp3) is 0.571. The lowest BCUT2D eigenvalue weighted by atomic mass is 10.1. The molecule has 2 rings (SSSR count). The molecule has 1 aromatic carbocycles. The fourth-order valence-corrected chi connectivity index (χ4v) is 2.16. The van der Waals surface area contributed by atoms with Crippen LogP contribution < -0.4 is 0 Å². The van der Waals surface area contributed by atoms with Crippen molar-refractivity contribution in [3.05, 3.63) is 35.6 Å². The zero-order valence-corrected chi connectivity index (χ0v) is 10.1. The van der Waals surface area contributed by atoms with Crippen molar-refractivity contribution in [3.8, 4) is 0 Å². The number of rotatable bonds is 7. The van der Waals surface area contributed by atoms with Crippen molar-refractivity contribution in [1.29, 1.82) is 0 Å². The quantitative estimate of drug-likeness (QED) is 0.786. The maximum atomic E-state index is 13.0. The van der Waals surface area contributed by atoms with Gasteiger partial charge in [0.2, 0.25) is 0 Å². The molecule has 0 radical (unpaired) electrons. The second-order valence-electron chi connectivity index (χ2n) is 4.72. The molecule has 0 spiro atoms. The number of hydrogen-bond donors (Lipinski definition) is 1. The Hall–Kier alpha value is -0.930. The summed E-state index contributed by atoms with van der Waals surface area (Å²) in [6, 6.07) is 7.53. The van der Waals surface area contributed by atoms with E-state index in [0.717, 1.165) is 31.5 Å². The van der Waals surface area contributed by atoms with Crippen molar-refractivity contribution in [3.63, 3.8) is 0 Å². The summed E-state index contributed by atoms with van der Waals surface area (Å²) in [6.07, 6.45) is 4.27. The molecule has 1 fully saturated rings. The predicted molar refractivity (Wildman–Crippen MR) is 66.4 cm³/mol. The Morgan fingerprint density at radius 3 is 2.76 bits per heavy atom. The van der Waals surface area contributed by atoms with Crippen LogP contribution in [-0.2, 0) is 6.42 Å². The van der Waals surface area contributed by atoms with E-state index >= 15 is 0 Å². The molecule has 0 heterocycles. The Bertz CT molecular complexity index is 352. The van der Waals surface area contributed by atoms with E-state index in [-0.39, 0.29) is 12.4 Å². The average Bonchev–Trinajstić information content (AvgIpc) is 3.13. The van der Waals surface area contributed by atoms with E-state index in [9.17, 15) is 4.39 Å². The van der Waals surface area contributed by atoms with Gasteiger partial charge in [0.25, 0.3) is 0 Å². The summed E-state index contributed by atoms with van der Waals surface area (Å²) in [5.41, 5.74) is 1.06. The van der Waals surface area contributed by atoms with E-state index in [2.05, 4.69) is 4.90 Å². The van der Waals surface area contributed by atoms with E-state index in [1.807, 2.05) is 6.07 Å². The highest BCUT2D eigenvalue weighted by Gasteiger charge is 2.27. The number of aliphatic hydroxyl groups excluding tert-OH is 1. The zero-order chi connectivity index (χ0) is 12.1. The first-order chi connectivity index (χ1) is 8.29. The molecule has 2 nitrogen and oxygen atoms in total. The molecule has 0 atom stereocenters. The molecule has 0 saturated heterocycles. The molecule has 0 unspecified atom stereocenters. The van der Waals surface area contributed by atoms with Crippen LogP contribution >= 0.6 is 0 Å². The molecule has 0 aliphatic heterocycles. The molecular weight excluding hydrogens is 217 g/mol. The monoisotopic (exact) mass is 237 g/mol. The van der Waals surface area contributed by atoms with Crippen LogP contribution in [0.25, 0.3) is 0 Å². The Morgan fingerprint density at radius 1 is 1.29 bits per heavy atom. The Kier molecular flexibility index (Phi) is 4.51. The maximum absolute atomic E-state index is 13.0. The molecule has 0 amide bonds. The van der Waals surface area contributed by atoms with Gasteiger partial charge in [-0.3, -0.25) is 4.90 Å². The smallest absolute Gasteiger partial charge is 0.123 e. The summed E-state index contributed by atoms with van der Waals surface area (Å²) in [6.45, 7) is 2.17. The van der Waals surface area contributed by atoms with Gasteiger partial charge in [0.15, 0.2) is 0 Å². The van der Waals surface area contributed by atoms with E-state index in [4.69, 9.17) is 5.11 Å². The van der Waals surface area contributed by atoms with Crippen LogP contribution in [0, 0.1) is 5.82 Å². The highest BCUT2D eigenvalue weighted by molar-refractivity contribution is 5.16. The first kappa shape index (κ1) is 12.5. The van der Waals surface area contributed by atoms with Crippen molar-refractivity contribution >= 4 is 0 Å². The molecule has 17 heavy (non-hydrogen) atoms. The molecule has 0 aromatic heterocycles. The van der Waals surface area contributed by atoms with E-state index in [1.54, 1.807) is 12.1 Å². The van der Waals surface area contributed by atoms with Gasteiger partial charge >= 0.3 is 0 Å². The lowest BCUT2D eigenvalue weighted by molar-refractivity contribution is 0.219. The first-order valence-corrected chi connectivity index (χ1v) is 6.39. The number of aliphatic hydroxyl groups is 1. The minimum absolute atomic E-state index is 0.157. The summed E-state index contributed by atoms with van der Waals surface area (Å²) in [5, 5.41) is 8.86. The van der Waals surface area contributed by atoms with Crippen molar-refractivity contribution in [2.45, 2.75) is 31.7 Å². The number of benzene rings is 1. The predicted octanol–water partition coefficient (Wildman–Crippen LogP) is 2.21. The molecular formula is C14H20FNO. The summed E-state index contributed by atoms with van der Waals surface area (Å²) >= 11 is 0. The van der Waals surface area contributed by atoms with Crippen molar-refractivity contribution in [1.82, 2.24) is 4.90 Å². The summed E-state index contributed by atoms with van der Waals surface area (Å²) < 4.78 is 13.0. The third kappa shape index (κ3) is 4.10. The lowest BCUT2D eigenvalue weighted by Crippen LogP contribution is -2.30. The van der Waals surface area contributed by atoms with Crippen LogP contribution in [0.2, 0.25) is 0 Å². The SMILES string of the molecule is OCCCN(CCc1cccc(F)c1)C1CC1. The second kappa shape index (κ2) is 6.12. The number of hydrogen-bond acceptors (Lipinski definition) is 2. The van der Waals surface area contributed by atoms with Gasteiger partial charge in [-0.05, 0) is 43.4 Å². The van der Waals surface area contributed by atoms with Crippen LogP contribution in [0.5, 0.6) is 0 Å². The van der Waals surface area contributed by atoms with Crippen LogP contribution in [0.15, 0.2) is 24.3 Å². The van der Waals surface area contributed by atoms with E-state index < -0.39 is 0 Å². The molecule has 1 saturated carbocycles. The van der Waals surface area contributed by atoms with Gasteiger partial charge in [-0.1, -0.05) is 12.1 Å². The maximum Gasteiger partial charge on any atom is 0.123 e. The molecule has 1 aliphatic carbocycles. The summed E-state index contributed by atoms with van der Waals surface area (Å²) in [5.74, 6) is -0.157. The third-order valence-corrected chi connectivity index (χ3v) is 3.24. The minimum atomic E-state index is -0.157. The highest BCUT2D eigenvalue weighted by Crippen LogP contribution is 2.27.